The average molecular weight is 255 g/mol. The number of nitrogens with zero attached hydrogens (tertiary/aromatic N) is 3. The summed E-state index contributed by atoms with van der Waals surface area (Å²) in [6.07, 6.45) is 2.28. The second-order valence-corrected chi connectivity index (χ2v) is 4.98. The highest BCUT2D eigenvalue weighted by Gasteiger charge is 2.22. The molecule has 0 unspecified atom stereocenters. The molecule has 0 spiro atoms. The SMILES string of the molecule is CCCCN(C)CC(=O)N1CCN(C(C)=O)CC1. The third-order valence-electron chi connectivity index (χ3n) is 3.38. The molecule has 1 fully saturated rings. The van der Waals surface area contributed by atoms with E-state index in [1.54, 1.807) is 11.8 Å². The number of amides is 2. The smallest absolute Gasteiger partial charge is 0.236 e. The van der Waals surface area contributed by atoms with E-state index in [0.717, 1.165) is 19.4 Å². The lowest BCUT2D eigenvalue weighted by Gasteiger charge is -2.35. The van der Waals surface area contributed by atoms with Crippen molar-refractivity contribution in [1.82, 2.24) is 14.7 Å². The Morgan fingerprint density at radius 1 is 1.11 bits per heavy atom. The lowest BCUT2D eigenvalue weighted by atomic mass is 10.3. The number of carbonyl (C=O) groups excluding carboxylic acids is 2. The van der Waals surface area contributed by atoms with Crippen molar-refractivity contribution in [3.8, 4) is 0 Å². The van der Waals surface area contributed by atoms with Gasteiger partial charge in [0, 0.05) is 33.1 Å². The largest absolute Gasteiger partial charge is 0.339 e. The van der Waals surface area contributed by atoms with Crippen LogP contribution in [0.4, 0.5) is 0 Å². The first-order chi connectivity index (χ1) is 8.54. The molecule has 0 bridgehead atoms. The molecular weight excluding hydrogens is 230 g/mol. The topological polar surface area (TPSA) is 43.9 Å². The molecule has 1 heterocycles. The summed E-state index contributed by atoms with van der Waals surface area (Å²) in [6, 6.07) is 0. The van der Waals surface area contributed by atoms with Gasteiger partial charge in [0.15, 0.2) is 0 Å². The molecule has 0 atom stereocenters. The predicted molar refractivity (Wildman–Crippen MR) is 71.2 cm³/mol. The quantitative estimate of drug-likeness (QED) is 0.714. The van der Waals surface area contributed by atoms with Crippen LogP contribution in [0.25, 0.3) is 0 Å². The van der Waals surface area contributed by atoms with E-state index in [0.29, 0.717) is 32.7 Å². The molecule has 0 aromatic carbocycles. The van der Waals surface area contributed by atoms with Crippen LogP contribution in [0.5, 0.6) is 0 Å². The first-order valence-corrected chi connectivity index (χ1v) is 6.76. The Bertz CT molecular complexity index is 286. The minimum absolute atomic E-state index is 0.0992. The first kappa shape index (κ1) is 15.0. The van der Waals surface area contributed by atoms with Crippen molar-refractivity contribution >= 4 is 11.8 Å². The van der Waals surface area contributed by atoms with Gasteiger partial charge in [0.05, 0.1) is 6.54 Å². The molecule has 2 amide bonds. The van der Waals surface area contributed by atoms with Crippen LogP contribution in [0.2, 0.25) is 0 Å². The predicted octanol–water partition coefficient (Wildman–Crippen LogP) is 0.409. The summed E-state index contributed by atoms with van der Waals surface area (Å²) in [5.74, 6) is 0.277. The van der Waals surface area contributed by atoms with Crippen molar-refractivity contribution in [1.29, 1.82) is 0 Å². The van der Waals surface area contributed by atoms with Gasteiger partial charge in [-0.3, -0.25) is 14.5 Å². The van der Waals surface area contributed by atoms with Gasteiger partial charge in [-0.2, -0.15) is 0 Å². The summed E-state index contributed by atoms with van der Waals surface area (Å²) in [6.45, 7) is 7.85. The number of hydrogen-bond donors (Lipinski definition) is 0. The van der Waals surface area contributed by atoms with Gasteiger partial charge in [-0.1, -0.05) is 13.3 Å². The molecule has 0 aromatic heterocycles. The molecule has 1 rings (SSSR count). The van der Waals surface area contributed by atoms with Gasteiger partial charge in [0.2, 0.25) is 11.8 Å². The monoisotopic (exact) mass is 255 g/mol. The third-order valence-corrected chi connectivity index (χ3v) is 3.38. The maximum absolute atomic E-state index is 12.0. The maximum atomic E-state index is 12.0. The van der Waals surface area contributed by atoms with E-state index < -0.39 is 0 Å². The average Bonchev–Trinajstić information content (AvgIpc) is 2.36. The zero-order chi connectivity index (χ0) is 13.5. The zero-order valence-electron chi connectivity index (χ0n) is 11.8. The van der Waals surface area contributed by atoms with Crippen molar-refractivity contribution < 1.29 is 9.59 Å². The van der Waals surface area contributed by atoms with Gasteiger partial charge in [-0.25, -0.2) is 0 Å². The van der Waals surface area contributed by atoms with E-state index in [1.165, 1.54) is 0 Å². The molecule has 0 N–H and O–H groups in total. The van der Waals surface area contributed by atoms with E-state index in [-0.39, 0.29) is 11.8 Å². The molecule has 1 aliphatic heterocycles. The van der Waals surface area contributed by atoms with Gasteiger partial charge >= 0.3 is 0 Å². The Kier molecular flexibility index (Phi) is 6.12. The van der Waals surface area contributed by atoms with Crippen molar-refractivity contribution in [2.75, 3.05) is 46.3 Å². The molecule has 0 aliphatic carbocycles. The molecular formula is C13H25N3O2. The Hall–Kier alpha value is -1.10. The van der Waals surface area contributed by atoms with Crippen LogP contribution in [0.1, 0.15) is 26.7 Å². The van der Waals surface area contributed by atoms with Crippen molar-refractivity contribution in [2.24, 2.45) is 0 Å². The van der Waals surface area contributed by atoms with Crippen LogP contribution >= 0.6 is 0 Å². The van der Waals surface area contributed by atoms with Gasteiger partial charge in [0.25, 0.3) is 0 Å². The summed E-state index contributed by atoms with van der Waals surface area (Å²) in [7, 11) is 1.99. The molecule has 5 nitrogen and oxygen atoms in total. The first-order valence-electron chi connectivity index (χ1n) is 6.76. The molecule has 0 radical (unpaired) electrons. The summed E-state index contributed by atoms with van der Waals surface area (Å²) in [5.41, 5.74) is 0. The summed E-state index contributed by atoms with van der Waals surface area (Å²) in [5, 5.41) is 0. The number of rotatable bonds is 5. The fraction of sp³-hybridized carbons (Fsp3) is 0.846. The fourth-order valence-electron chi connectivity index (χ4n) is 2.11. The molecule has 18 heavy (non-hydrogen) atoms. The summed E-state index contributed by atoms with van der Waals surface area (Å²) >= 11 is 0. The number of likely N-dealkylation sites (N-methyl/N-ethyl adjacent to an activating group) is 1. The van der Waals surface area contributed by atoms with Crippen LogP contribution in [-0.2, 0) is 9.59 Å². The second kappa shape index (κ2) is 7.36. The minimum atomic E-state index is 0.0992. The number of carbonyl (C=O) groups is 2. The van der Waals surface area contributed by atoms with Crippen molar-refractivity contribution in [3.63, 3.8) is 0 Å². The second-order valence-electron chi connectivity index (χ2n) is 4.98. The standard InChI is InChI=1S/C13H25N3O2/c1-4-5-6-14(3)11-13(18)16-9-7-15(8-10-16)12(2)17/h4-11H2,1-3H3. The van der Waals surface area contributed by atoms with Crippen LogP contribution in [0.3, 0.4) is 0 Å². The fourth-order valence-corrected chi connectivity index (χ4v) is 2.11. The van der Waals surface area contributed by atoms with Gasteiger partial charge in [0.1, 0.15) is 0 Å². The lowest BCUT2D eigenvalue weighted by molar-refractivity contribution is -0.139. The lowest BCUT2D eigenvalue weighted by Crippen LogP contribution is -2.52. The molecule has 1 saturated heterocycles. The normalized spacial score (nSPS) is 16.2. The Labute approximate surface area is 110 Å². The highest BCUT2D eigenvalue weighted by Crippen LogP contribution is 2.03. The molecule has 0 saturated carbocycles. The van der Waals surface area contributed by atoms with Gasteiger partial charge < -0.3 is 9.80 Å². The maximum Gasteiger partial charge on any atom is 0.236 e. The van der Waals surface area contributed by atoms with Crippen LogP contribution < -0.4 is 0 Å². The highest BCUT2D eigenvalue weighted by atomic mass is 16.2. The Balaban J connectivity index is 2.29. The van der Waals surface area contributed by atoms with Crippen LogP contribution in [-0.4, -0.2) is 72.8 Å². The van der Waals surface area contributed by atoms with Crippen LogP contribution in [0, 0.1) is 0 Å². The van der Waals surface area contributed by atoms with Crippen LogP contribution in [0.15, 0.2) is 0 Å². The number of piperazine rings is 1. The van der Waals surface area contributed by atoms with E-state index in [1.807, 2.05) is 11.9 Å². The third kappa shape index (κ3) is 4.64. The minimum Gasteiger partial charge on any atom is -0.339 e. The van der Waals surface area contributed by atoms with Gasteiger partial charge in [-0.05, 0) is 20.0 Å². The Morgan fingerprint density at radius 2 is 1.67 bits per heavy atom. The van der Waals surface area contributed by atoms with E-state index >= 15 is 0 Å². The van der Waals surface area contributed by atoms with E-state index in [4.69, 9.17) is 0 Å². The molecule has 1 aliphatic rings. The highest BCUT2D eigenvalue weighted by molar-refractivity contribution is 5.79. The van der Waals surface area contributed by atoms with Crippen molar-refractivity contribution in [2.45, 2.75) is 26.7 Å². The van der Waals surface area contributed by atoms with Gasteiger partial charge in [-0.15, -0.1) is 0 Å². The van der Waals surface area contributed by atoms with Crippen molar-refractivity contribution in [3.05, 3.63) is 0 Å². The van der Waals surface area contributed by atoms with E-state index in [9.17, 15) is 9.59 Å². The molecule has 104 valence electrons. The molecule has 0 aromatic rings. The number of unbranched alkanes of at least 4 members (excludes halogenated alkanes) is 1. The summed E-state index contributed by atoms with van der Waals surface area (Å²) in [4.78, 5) is 28.9. The molecule has 5 heteroatoms. The zero-order valence-corrected chi connectivity index (χ0v) is 11.8. The number of hydrogen-bond acceptors (Lipinski definition) is 3. The summed E-state index contributed by atoms with van der Waals surface area (Å²) < 4.78 is 0. The Morgan fingerprint density at radius 3 is 2.17 bits per heavy atom. The van der Waals surface area contributed by atoms with E-state index in [2.05, 4.69) is 11.8 Å².